The Hall–Kier alpha value is -2.32. The highest BCUT2D eigenvalue weighted by Crippen LogP contribution is 2.33. The van der Waals surface area contributed by atoms with E-state index in [9.17, 15) is 13.2 Å². The fraction of sp³-hybridized carbons (Fsp3) is 0.312. The Morgan fingerprint density at radius 2 is 2.12 bits per heavy atom. The summed E-state index contributed by atoms with van der Waals surface area (Å²) in [7, 11) is -3.31. The molecule has 0 unspecified atom stereocenters. The lowest BCUT2D eigenvalue weighted by atomic mass is 10.1. The molecule has 2 heterocycles. The van der Waals surface area contributed by atoms with E-state index in [1.54, 1.807) is 24.5 Å². The Labute approximate surface area is 140 Å². The van der Waals surface area contributed by atoms with Gasteiger partial charge in [-0.25, -0.2) is 18.2 Å². The van der Waals surface area contributed by atoms with Gasteiger partial charge < -0.3 is 5.11 Å². The summed E-state index contributed by atoms with van der Waals surface area (Å²) in [6.07, 6.45) is 5.78. The Kier molecular flexibility index (Phi) is 4.33. The maximum Gasteiger partial charge on any atom is 0.335 e. The van der Waals surface area contributed by atoms with Crippen LogP contribution in [-0.2, 0) is 10.0 Å². The number of sulfonamides is 1. The smallest absolute Gasteiger partial charge is 0.335 e. The van der Waals surface area contributed by atoms with Gasteiger partial charge in [0.1, 0.15) is 0 Å². The van der Waals surface area contributed by atoms with E-state index in [0.29, 0.717) is 29.9 Å². The third-order valence-electron chi connectivity index (χ3n) is 4.03. The largest absolute Gasteiger partial charge is 0.478 e. The zero-order chi connectivity index (χ0) is 17.3. The summed E-state index contributed by atoms with van der Waals surface area (Å²) in [5.74, 6) is -1.01. The van der Waals surface area contributed by atoms with Gasteiger partial charge in [0.15, 0.2) is 0 Å². The van der Waals surface area contributed by atoms with E-state index in [4.69, 9.17) is 5.11 Å². The molecule has 1 saturated heterocycles. The third-order valence-corrected chi connectivity index (χ3v) is 5.32. The molecule has 1 atom stereocenters. The summed E-state index contributed by atoms with van der Waals surface area (Å²) in [5, 5.41) is 9.10. The zero-order valence-corrected chi connectivity index (χ0v) is 13.9. The standard InChI is InChI=1S/C16H17N3O4S/c1-24(22,23)19-7-3-6-15(19)14-10-17-9-13(18-14)11-4-2-5-12(8-11)16(20)21/h2,4-5,8-10,15H,3,6-7H2,1H3,(H,20,21)/t15-/m1/s1. The minimum Gasteiger partial charge on any atom is -0.478 e. The van der Waals surface area contributed by atoms with Gasteiger partial charge in [-0.2, -0.15) is 4.31 Å². The molecule has 1 fully saturated rings. The second kappa shape index (κ2) is 6.29. The first-order chi connectivity index (χ1) is 11.4. The molecule has 0 aliphatic carbocycles. The van der Waals surface area contributed by atoms with Crippen LogP contribution < -0.4 is 0 Å². The van der Waals surface area contributed by atoms with Gasteiger partial charge in [-0.05, 0) is 25.0 Å². The molecule has 24 heavy (non-hydrogen) atoms. The average molecular weight is 347 g/mol. The van der Waals surface area contributed by atoms with E-state index in [1.165, 1.54) is 22.7 Å². The zero-order valence-electron chi connectivity index (χ0n) is 13.1. The lowest BCUT2D eigenvalue weighted by Crippen LogP contribution is -2.30. The van der Waals surface area contributed by atoms with E-state index >= 15 is 0 Å². The van der Waals surface area contributed by atoms with Crippen molar-refractivity contribution in [2.75, 3.05) is 12.8 Å². The minimum absolute atomic E-state index is 0.165. The third kappa shape index (κ3) is 3.29. The van der Waals surface area contributed by atoms with Crippen molar-refractivity contribution >= 4 is 16.0 Å². The van der Waals surface area contributed by atoms with Crippen LogP contribution in [0, 0.1) is 0 Å². The molecule has 3 rings (SSSR count). The van der Waals surface area contributed by atoms with Crippen LogP contribution in [0.3, 0.4) is 0 Å². The highest BCUT2D eigenvalue weighted by atomic mass is 32.2. The van der Waals surface area contributed by atoms with Crippen molar-refractivity contribution in [2.24, 2.45) is 0 Å². The molecular formula is C16H17N3O4S. The topological polar surface area (TPSA) is 100 Å². The molecule has 0 radical (unpaired) electrons. The summed E-state index contributed by atoms with van der Waals surface area (Å²) < 4.78 is 25.2. The molecule has 1 aliphatic rings. The molecule has 2 aromatic rings. The molecule has 0 bridgehead atoms. The Bertz CT molecular complexity index is 882. The van der Waals surface area contributed by atoms with Crippen molar-refractivity contribution in [2.45, 2.75) is 18.9 Å². The maximum absolute atomic E-state index is 11.9. The van der Waals surface area contributed by atoms with Crippen LogP contribution in [0.15, 0.2) is 36.7 Å². The number of carbonyl (C=O) groups is 1. The van der Waals surface area contributed by atoms with Gasteiger partial charge in [0.25, 0.3) is 0 Å². The molecule has 1 aromatic heterocycles. The quantitative estimate of drug-likeness (QED) is 0.907. The number of carboxylic acid groups (broad SMARTS) is 1. The molecule has 1 aromatic carbocycles. The summed E-state index contributed by atoms with van der Waals surface area (Å²) in [6.45, 7) is 0.476. The first kappa shape index (κ1) is 16.5. The number of aromatic nitrogens is 2. The van der Waals surface area contributed by atoms with Crippen LogP contribution in [-0.4, -0.2) is 46.6 Å². The molecule has 0 spiro atoms. The van der Waals surface area contributed by atoms with Gasteiger partial charge in [-0.3, -0.25) is 4.98 Å². The van der Waals surface area contributed by atoms with E-state index in [-0.39, 0.29) is 11.6 Å². The predicted molar refractivity (Wildman–Crippen MR) is 88.0 cm³/mol. The monoisotopic (exact) mass is 347 g/mol. The van der Waals surface area contributed by atoms with Crippen molar-refractivity contribution in [1.82, 2.24) is 14.3 Å². The van der Waals surface area contributed by atoms with Crippen LogP contribution in [0.25, 0.3) is 11.3 Å². The fourth-order valence-corrected chi connectivity index (χ4v) is 4.06. The van der Waals surface area contributed by atoms with Gasteiger partial charge in [0, 0.05) is 12.1 Å². The van der Waals surface area contributed by atoms with Crippen molar-refractivity contribution in [3.8, 4) is 11.3 Å². The molecule has 1 aliphatic heterocycles. The summed E-state index contributed by atoms with van der Waals surface area (Å²) in [5.41, 5.74) is 1.90. The second-order valence-electron chi connectivity index (χ2n) is 5.75. The van der Waals surface area contributed by atoms with Gasteiger partial charge in [0.05, 0.1) is 41.6 Å². The van der Waals surface area contributed by atoms with Crippen LogP contribution in [0.1, 0.15) is 34.9 Å². The highest BCUT2D eigenvalue weighted by molar-refractivity contribution is 7.88. The van der Waals surface area contributed by atoms with E-state index in [1.807, 2.05) is 0 Å². The van der Waals surface area contributed by atoms with Crippen LogP contribution in [0.4, 0.5) is 0 Å². The Morgan fingerprint density at radius 1 is 1.33 bits per heavy atom. The Morgan fingerprint density at radius 3 is 2.83 bits per heavy atom. The molecule has 7 nitrogen and oxygen atoms in total. The predicted octanol–water partition coefficient (Wildman–Crippen LogP) is 1.94. The molecular weight excluding hydrogens is 330 g/mol. The van der Waals surface area contributed by atoms with Gasteiger partial charge in [0.2, 0.25) is 10.0 Å². The number of rotatable bonds is 4. The molecule has 126 valence electrons. The second-order valence-corrected chi connectivity index (χ2v) is 7.68. The van der Waals surface area contributed by atoms with E-state index in [0.717, 1.165) is 6.42 Å². The normalized spacial score (nSPS) is 18.6. The molecule has 8 heteroatoms. The number of hydrogen-bond donors (Lipinski definition) is 1. The maximum atomic E-state index is 11.9. The number of nitrogens with zero attached hydrogens (tertiary/aromatic N) is 3. The van der Waals surface area contributed by atoms with Crippen LogP contribution >= 0.6 is 0 Å². The number of hydrogen-bond acceptors (Lipinski definition) is 5. The number of carboxylic acids is 1. The van der Waals surface area contributed by atoms with Crippen molar-refractivity contribution < 1.29 is 18.3 Å². The highest BCUT2D eigenvalue weighted by Gasteiger charge is 2.33. The number of benzene rings is 1. The fourth-order valence-electron chi connectivity index (χ4n) is 2.92. The molecule has 1 N–H and O–H groups in total. The number of aromatic carboxylic acids is 1. The SMILES string of the molecule is CS(=O)(=O)N1CCC[C@@H]1c1cncc(-c2cccc(C(=O)O)c2)n1. The Balaban J connectivity index is 1.98. The lowest BCUT2D eigenvalue weighted by molar-refractivity contribution is 0.0697. The first-order valence-electron chi connectivity index (χ1n) is 7.49. The summed E-state index contributed by atoms with van der Waals surface area (Å²) in [4.78, 5) is 19.8. The minimum atomic E-state index is -3.31. The summed E-state index contributed by atoms with van der Waals surface area (Å²) >= 11 is 0. The molecule has 0 amide bonds. The van der Waals surface area contributed by atoms with Crippen molar-refractivity contribution in [3.63, 3.8) is 0 Å². The average Bonchev–Trinajstić information content (AvgIpc) is 3.05. The van der Waals surface area contributed by atoms with Crippen LogP contribution in [0.2, 0.25) is 0 Å². The lowest BCUT2D eigenvalue weighted by Gasteiger charge is -2.21. The van der Waals surface area contributed by atoms with Crippen LogP contribution in [0.5, 0.6) is 0 Å². The van der Waals surface area contributed by atoms with E-state index < -0.39 is 16.0 Å². The van der Waals surface area contributed by atoms with Crippen molar-refractivity contribution in [3.05, 3.63) is 47.9 Å². The van der Waals surface area contributed by atoms with Crippen molar-refractivity contribution in [1.29, 1.82) is 0 Å². The summed E-state index contributed by atoms with van der Waals surface area (Å²) in [6, 6.07) is 6.11. The molecule has 0 saturated carbocycles. The van der Waals surface area contributed by atoms with E-state index in [2.05, 4.69) is 9.97 Å². The van der Waals surface area contributed by atoms with Gasteiger partial charge in [-0.15, -0.1) is 0 Å². The van der Waals surface area contributed by atoms with Gasteiger partial charge in [-0.1, -0.05) is 12.1 Å². The van der Waals surface area contributed by atoms with Gasteiger partial charge >= 0.3 is 5.97 Å². The first-order valence-corrected chi connectivity index (χ1v) is 9.33.